The van der Waals surface area contributed by atoms with Gasteiger partial charge in [0.2, 0.25) is 0 Å². The highest BCUT2D eigenvalue weighted by atomic mass is 15.2. The summed E-state index contributed by atoms with van der Waals surface area (Å²) in [5.74, 6) is 1.38. The number of likely N-dealkylation sites (N-methyl/N-ethyl adjacent to an activating group) is 1. The van der Waals surface area contributed by atoms with Gasteiger partial charge in [0.25, 0.3) is 0 Å². The first-order valence-electron chi connectivity index (χ1n) is 11.2. The lowest BCUT2D eigenvalue weighted by atomic mass is 10.0. The SMILES string of the molecule is CCCCCCCCCCCCCCCCCC1=NCCN1CC. The van der Waals surface area contributed by atoms with Crippen molar-refractivity contribution >= 4 is 5.84 Å². The van der Waals surface area contributed by atoms with E-state index in [-0.39, 0.29) is 0 Å². The van der Waals surface area contributed by atoms with Crippen molar-refractivity contribution in [1.82, 2.24) is 4.90 Å². The molecule has 1 aliphatic heterocycles. The number of nitrogens with zero attached hydrogens (tertiary/aromatic N) is 2. The fourth-order valence-corrected chi connectivity index (χ4v) is 3.76. The fraction of sp³-hybridized carbons (Fsp3) is 0.955. The molecule has 0 aliphatic carbocycles. The molecular formula is C22H44N2. The average Bonchev–Trinajstić information content (AvgIpc) is 3.06. The van der Waals surface area contributed by atoms with Crippen LogP contribution in [-0.4, -0.2) is 30.4 Å². The Balaban J connectivity index is 1.73. The normalized spacial score (nSPS) is 14.4. The Morgan fingerprint density at radius 1 is 0.667 bits per heavy atom. The van der Waals surface area contributed by atoms with Crippen LogP contribution in [0.5, 0.6) is 0 Å². The summed E-state index contributed by atoms with van der Waals surface area (Å²) < 4.78 is 0. The van der Waals surface area contributed by atoms with Gasteiger partial charge < -0.3 is 4.90 Å². The third kappa shape index (κ3) is 11.1. The van der Waals surface area contributed by atoms with Crippen LogP contribution in [0, 0.1) is 0 Å². The average molecular weight is 337 g/mol. The Bertz CT molecular complexity index is 298. The van der Waals surface area contributed by atoms with E-state index in [0.717, 1.165) is 19.6 Å². The van der Waals surface area contributed by atoms with Crippen LogP contribution in [-0.2, 0) is 0 Å². The molecule has 1 heterocycles. The second-order valence-corrected chi connectivity index (χ2v) is 7.58. The highest BCUT2D eigenvalue weighted by Crippen LogP contribution is 2.14. The summed E-state index contributed by atoms with van der Waals surface area (Å²) in [5.41, 5.74) is 0. The van der Waals surface area contributed by atoms with Crippen molar-refractivity contribution in [2.24, 2.45) is 4.99 Å². The van der Waals surface area contributed by atoms with Crippen molar-refractivity contribution in [3.05, 3.63) is 0 Å². The molecule has 0 unspecified atom stereocenters. The predicted octanol–water partition coefficient (Wildman–Crippen LogP) is 6.98. The lowest BCUT2D eigenvalue weighted by molar-refractivity contribution is 0.469. The van der Waals surface area contributed by atoms with Gasteiger partial charge in [-0.15, -0.1) is 0 Å². The zero-order valence-corrected chi connectivity index (χ0v) is 16.8. The molecule has 2 heteroatoms. The predicted molar refractivity (Wildman–Crippen MR) is 109 cm³/mol. The van der Waals surface area contributed by atoms with E-state index in [1.54, 1.807) is 0 Å². The number of hydrogen-bond acceptors (Lipinski definition) is 2. The molecule has 0 saturated heterocycles. The molecule has 0 fully saturated rings. The zero-order valence-electron chi connectivity index (χ0n) is 16.8. The van der Waals surface area contributed by atoms with Crippen LogP contribution in [0.25, 0.3) is 0 Å². The highest BCUT2D eigenvalue weighted by molar-refractivity contribution is 5.83. The first-order chi connectivity index (χ1) is 11.9. The third-order valence-electron chi connectivity index (χ3n) is 5.41. The lowest BCUT2D eigenvalue weighted by Gasteiger charge is -2.17. The molecule has 0 N–H and O–H groups in total. The van der Waals surface area contributed by atoms with Gasteiger partial charge in [-0.3, -0.25) is 4.99 Å². The second-order valence-electron chi connectivity index (χ2n) is 7.58. The van der Waals surface area contributed by atoms with Crippen LogP contribution in [0.15, 0.2) is 4.99 Å². The number of rotatable bonds is 17. The van der Waals surface area contributed by atoms with Gasteiger partial charge in [-0.25, -0.2) is 0 Å². The molecule has 0 radical (unpaired) electrons. The number of amidine groups is 1. The van der Waals surface area contributed by atoms with Gasteiger partial charge >= 0.3 is 0 Å². The monoisotopic (exact) mass is 336 g/mol. The summed E-state index contributed by atoms with van der Waals surface area (Å²) in [7, 11) is 0. The first-order valence-corrected chi connectivity index (χ1v) is 11.2. The molecule has 1 aliphatic rings. The van der Waals surface area contributed by atoms with E-state index in [1.165, 1.54) is 109 Å². The van der Waals surface area contributed by atoms with E-state index in [1.807, 2.05) is 0 Å². The molecule has 142 valence electrons. The van der Waals surface area contributed by atoms with Crippen LogP contribution in [0.2, 0.25) is 0 Å². The molecule has 0 spiro atoms. The van der Waals surface area contributed by atoms with Gasteiger partial charge in [-0.2, -0.15) is 0 Å². The molecule has 0 aromatic rings. The van der Waals surface area contributed by atoms with E-state index in [4.69, 9.17) is 0 Å². The summed E-state index contributed by atoms with van der Waals surface area (Å²) in [6.07, 6.45) is 22.8. The summed E-state index contributed by atoms with van der Waals surface area (Å²) >= 11 is 0. The second kappa shape index (κ2) is 16.0. The van der Waals surface area contributed by atoms with Crippen molar-refractivity contribution < 1.29 is 0 Å². The van der Waals surface area contributed by atoms with E-state index in [2.05, 4.69) is 23.7 Å². The van der Waals surface area contributed by atoms with Crippen LogP contribution >= 0.6 is 0 Å². The molecule has 1 rings (SSSR count). The topological polar surface area (TPSA) is 15.6 Å². The molecule has 0 aromatic heterocycles. The van der Waals surface area contributed by atoms with Crippen LogP contribution < -0.4 is 0 Å². The molecule has 0 amide bonds. The standard InChI is InChI=1S/C22H44N2/c1-3-5-6-7-8-9-10-11-12-13-14-15-16-17-18-19-22-23-20-21-24(22)4-2/h3-21H2,1-2H3. The van der Waals surface area contributed by atoms with E-state index < -0.39 is 0 Å². The minimum atomic E-state index is 1.03. The smallest absolute Gasteiger partial charge is 0.0990 e. The summed E-state index contributed by atoms with van der Waals surface area (Å²) in [4.78, 5) is 7.08. The zero-order chi connectivity index (χ0) is 17.3. The Hall–Kier alpha value is -0.530. The van der Waals surface area contributed by atoms with E-state index >= 15 is 0 Å². The first kappa shape index (κ1) is 21.5. The van der Waals surface area contributed by atoms with Crippen LogP contribution in [0.4, 0.5) is 0 Å². The molecule has 2 nitrogen and oxygen atoms in total. The maximum atomic E-state index is 4.63. The van der Waals surface area contributed by atoms with Gasteiger partial charge in [0.15, 0.2) is 0 Å². The van der Waals surface area contributed by atoms with Crippen molar-refractivity contribution in [2.45, 2.75) is 117 Å². The molecule has 24 heavy (non-hydrogen) atoms. The van der Waals surface area contributed by atoms with Crippen LogP contribution in [0.3, 0.4) is 0 Å². The summed E-state index contributed by atoms with van der Waals surface area (Å²) in [6, 6.07) is 0. The number of hydrogen-bond donors (Lipinski definition) is 0. The fourth-order valence-electron chi connectivity index (χ4n) is 3.76. The largest absolute Gasteiger partial charge is 0.359 e. The van der Waals surface area contributed by atoms with Crippen molar-refractivity contribution in [3.8, 4) is 0 Å². The van der Waals surface area contributed by atoms with Gasteiger partial charge in [-0.1, -0.05) is 96.8 Å². The molecular weight excluding hydrogens is 292 g/mol. The Morgan fingerprint density at radius 3 is 1.58 bits per heavy atom. The minimum absolute atomic E-state index is 1.03. The van der Waals surface area contributed by atoms with Gasteiger partial charge in [0.05, 0.1) is 12.4 Å². The van der Waals surface area contributed by atoms with Gasteiger partial charge in [0.1, 0.15) is 0 Å². The number of unbranched alkanes of at least 4 members (excludes halogenated alkanes) is 14. The van der Waals surface area contributed by atoms with E-state index in [9.17, 15) is 0 Å². The van der Waals surface area contributed by atoms with Crippen molar-refractivity contribution in [3.63, 3.8) is 0 Å². The van der Waals surface area contributed by atoms with Crippen LogP contribution in [0.1, 0.15) is 117 Å². The lowest BCUT2D eigenvalue weighted by Crippen LogP contribution is -2.27. The maximum Gasteiger partial charge on any atom is 0.0990 e. The molecule has 0 atom stereocenters. The highest BCUT2D eigenvalue weighted by Gasteiger charge is 2.13. The van der Waals surface area contributed by atoms with Crippen molar-refractivity contribution in [2.75, 3.05) is 19.6 Å². The summed E-state index contributed by atoms with van der Waals surface area (Å²) in [6.45, 7) is 7.86. The Labute approximate surface area is 152 Å². The quantitative estimate of drug-likeness (QED) is 0.261. The van der Waals surface area contributed by atoms with Gasteiger partial charge in [0, 0.05) is 19.5 Å². The number of aliphatic imine (C=N–C) groups is 1. The molecule has 0 bridgehead atoms. The summed E-state index contributed by atoms with van der Waals surface area (Å²) in [5, 5.41) is 0. The molecule has 0 saturated carbocycles. The van der Waals surface area contributed by atoms with Crippen molar-refractivity contribution in [1.29, 1.82) is 0 Å². The Morgan fingerprint density at radius 2 is 1.12 bits per heavy atom. The maximum absolute atomic E-state index is 4.63. The minimum Gasteiger partial charge on any atom is -0.359 e. The van der Waals surface area contributed by atoms with E-state index in [0.29, 0.717) is 0 Å². The van der Waals surface area contributed by atoms with Gasteiger partial charge in [-0.05, 0) is 13.3 Å². The molecule has 0 aromatic carbocycles. The Kier molecular flexibility index (Phi) is 14.3. The third-order valence-corrected chi connectivity index (χ3v) is 5.41.